The van der Waals surface area contributed by atoms with Gasteiger partial charge in [-0.2, -0.15) is 0 Å². The van der Waals surface area contributed by atoms with Crippen LogP contribution in [0.5, 0.6) is 0 Å². The summed E-state index contributed by atoms with van der Waals surface area (Å²) in [4.78, 5) is 0. The lowest BCUT2D eigenvalue weighted by molar-refractivity contribution is 0.0912. The maximum atomic E-state index is 5.64. The van der Waals surface area contributed by atoms with E-state index in [4.69, 9.17) is 9.26 Å². The van der Waals surface area contributed by atoms with Gasteiger partial charge in [0.1, 0.15) is 0 Å². The summed E-state index contributed by atoms with van der Waals surface area (Å²) in [5.41, 5.74) is 1.88. The first kappa shape index (κ1) is 15.3. The van der Waals surface area contributed by atoms with E-state index in [-0.39, 0.29) is 6.10 Å². The van der Waals surface area contributed by atoms with Crippen molar-refractivity contribution in [2.45, 2.75) is 36.4 Å². The Morgan fingerprint density at radius 2 is 2.17 bits per heavy atom. The molecular formula is C16H17N5O2S. The Morgan fingerprint density at radius 3 is 3.00 bits per heavy atom. The van der Waals surface area contributed by atoms with Crippen LogP contribution in [-0.4, -0.2) is 38.1 Å². The number of ether oxygens (including phenoxy) is 1. The van der Waals surface area contributed by atoms with Gasteiger partial charge in [-0.1, -0.05) is 47.3 Å². The van der Waals surface area contributed by atoms with Crippen molar-refractivity contribution in [3.63, 3.8) is 0 Å². The van der Waals surface area contributed by atoms with E-state index in [0.717, 1.165) is 41.6 Å². The fourth-order valence-corrected chi connectivity index (χ4v) is 3.42. The van der Waals surface area contributed by atoms with Crippen LogP contribution >= 0.6 is 11.8 Å². The van der Waals surface area contributed by atoms with Crippen molar-refractivity contribution in [1.29, 1.82) is 0 Å². The summed E-state index contributed by atoms with van der Waals surface area (Å²) < 4.78 is 12.9. The summed E-state index contributed by atoms with van der Waals surface area (Å²) in [6, 6.07) is 11.9. The normalized spacial score (nSPS) is 17.4. The minimum Gasteiger partial charge on any atom is -0.376 e. The largest absolute Gasteiger partial charge is 0.376 e. The van der Waals surface area contributed by atoms with Gasteiger partial charge in [0.25, 0.3) is 0 Å². The molecule has 2 aromatic heterocycles. The highest BCUT2D eigenvalue weighted by Gasteiger charge is 2.19. The van der Waals surface area contributed by atoms with Gasteiger partial charge in [0.05, 0.1) is 18.3 Å². The number of benzene rings is 1. The molecular weight excluding hydrogens is 326 g/mol. The van der Waals surface area contributed by atoms with Gasteiger partial charge in [-0.3, -0.25) is 0 Å². The molecule has 1 saturated heterocycles. The summed E-state index contributed by atoms with van der Waals surface area (Å²) in [6.45, 7) is 1.53. The van der Waals surface area contributed by atoms with Gasteiger partial charge in [0.15, 0.2) is 5.76 Å². The van der Waals surface area contributed by atoms with Crippen molar-refractivity contribution < 1.29 is 9.26 Å². The number of thioether (sulfide) groups is 1. The third kappa shape index (κ3) is 3.49. The van der Waals surface area contributed by atoms with E-state index in [9.17, 15) is 0 Å². The number of nitrogens with zero attached hydrogens (tertiary/aromatic N) is 5. The lowest BCUT2D eigenvalue weighted by Gasteiger charge is -2.09. The molecule has 1 aliphatic heterocycles. The molecule has 1 aromatic carbocycles. The molecule has 0 bridgehead atoms. The van der Waals surface area contributed by atoms with Crippen molar-refractivity contribution in [3.05, 3.63) is 42.1 Å². The zero-order valence-electron chi connectivity index (χ0n) is 13.0. The molecule has 3 aromatic rings. The monoisotopic (exact) mass is 343 g/mol. The zero-order valence-corrected chi connectivity index (χ0v) is 13.9. The molecule has 0 aliphatic carbocycles. The molecule has 1 atom stereocenters. The summed E-state index contributed by atoms with van der Waals surface area (Å²) in [6.07, 6.45) is 2.38. The molecule has 1 unspecified atom stereocenters. The first-order valence-corrected chi connectivity index (χ1v) is 8.88. The molecule has 24 heavy (non-hydrogen) atoms. The van der Waals surface area contributed by atoms with Crippen LogP contribution in [0.4, 0.5) is 0 Å². The Bertz CT molecular complexity index is 783. The second-order valence-corrected chi connectivity index (χ2v) is 6.56. The summed E-state index contributed by atoms with van der Waals surface area (Å²) in [7, 11) is 0. The Kier molecular flexibility index (Phi) is 4.57. The molecule has 1 aliphatic rings. The number of rotatable bonds is 6. The Balaban J connectivity index is 1.39. The third-order valence-electron chi connectivity index (χ3n) is 3.87. The van der Waals surface area contributed by atoms with Crippen LogP contribution in [0, 0.1) is 0 Å². The van der Waals surface area contributed by atoms with Crippen LogP contribution in [0.25, 0.3) is 11.3 Å². The van der Waals surface area contributed by atoms with Crippen LogP contribution in [0.3, 0.4) is 0 Å². The van der Waals surface area contributed by atoms with Crippen molar-refractivity contribution in [3.8, 4) is 11.3 Å². The highest BCUT2D eigenvalue weighted by molar-refractivity contribution is 7.98. The first-order chi connectivity index (χ1) is 11.9. The van der Waals surface area contributed by atoms with Gasteiger partial charge in [-0.15, -0.1) is 5.10 Å². The van der Waals surface area contributed by atoms with E-state index in [1.165, 1.54) is 0 Å². The number of hydrogen-bond donors (Lipinski definition) is 0. The minimum absolute atomic E-state index is 0.213. The lowest BCUT2D eigenvalue weighted by Crippen LogP contribution is -2.16. The third-order valence-corrected chi connectivity index (χ3v) is 4.86. The predicted octanol–water partition coefficient (Wildman–Crippen LogP) is 2.80. The minimum atomic E-state index is 0.213. The van der Waals surface area contributed by atoms with Gasteiger partial charge in [-0.25, -0.2) is 4.68 Å². The molecule has 0 saturated carbocycles. The van der Waals surface area contributed by atoms with Gasteiger partial charge in [0.2, 0.25) is 5.16 Å². The average molecular weight is 343 g/mol. The molecule has 3 heterocycles. The molecule has 0 spiro atoms. The van der Waals surface area contributed by atoms with Crippen LogP contribution in [0.15, 0.2) is 46.1 Å². The Labute approximate surface area is 143 Å². The second kappa shape index (κ2) is 7.14. The molecule has 4 rings (SSSR count). The average Bonchev–Trinajstić information content (AvgIpc) is 3.37. The van der Waals surface area contributed by atoms with Crippen LogP contribution in [0.2, 0.25) is 0 Å². The van der Waals surface area contributed by atoms with Gasteiger partial charge >= 0.3 is 0 Å². The van der Waals surface area contributed by atoms with E-state index >= 15 is 0 Å². The quantitative estimate of drug-likeness (QED) is 0.637. The van der Waals surface area contributed by atoms with Crippen LogP contribution < -0.4 is 0 Å². The fraction of sp³-hybridized carbons (Fsp3) is 0.375. The van der Waals surface area contributed by atoms with Crippen molar-refractivity contribution >= 4 is 11.8 Å². The van der Waals surface area contributed by atoms with E-state index in [0.29, 0.717) is 12.3 Å². The number of tetrazole rings is 1. The van der Waals surface area contributed by atoms with Crippen LogP contribution in [-0.2, 0) is 17.0 Å². The molecule has 0 amide bonds. The molecule has 0 N–H and O–H groups in total. The lowest BCUT2D eigenvalue weighted by atomic mass is 10.2. The summed E-state index contributed by atoms with van der Waals surface area (Å²) >= 11 is 1.55. The van der Waals surface area contributed by atoms with Gasteiger partial charge in [-0.05, 0) is 23.3 Å². The molecule has 124 valence electrons. The maximum Gasteiger partial charge on any atom is 0.209 e. The molecule has 0 radical (unpaired) electrons. The maximum absolute atomic E-state index is 5.64. The molecule has 8 heteroatoms. The number of aromatic nitrogens is 5. The smallest absolute Gasteiger partial charge is 0.209 e. The highest BCUT2D eigenvalue weighted by atomic mass is 32.2. The van der Waals surface area contributed by atoms with Gasteiger partial charge < -0.3 is 9.26 Å². The topological polar surface area (TPSA) is 78.9 Å². The molecule has 7 nitrogen and oxygen atoms in total. The van der Waals surface area contributed by atoms with Gasteiger partial charge in [0, 0.05) is 24.0 Å². The summed E-state index contributed by atoms with van der Waals surface area (Å²) in [5, 5.41) is 16.8. The Hall–Kier alpha value is -2.19. The highest BCUT2D eigenvalue weighted by Crippen LogP contribution is 2.25. The van der Waals surface area contributed by atoms with Crippen molar-refractivity contribution in [2.24, 2.45) is 0 Å². The van der Waals surface area contributed by atoms with E-state index in [2.05, 4.69) is 20.7 Å². The van der Waals surface area contributed by atoms with Crippen molar-refractivity contribution in [2.75, 3.05) is 6.61 Å². The van der Waals surface area contributed by atoms with Crippen molar-refractivity contribution in [1.82, 2.24) is 25.4 Å². The second-order valence-electron chi connectivity index (χ2n) is 5.62. The summed E-state index contributed by atoms with van der Waals surface area (Å²) in [5.74, 6) is 1.42. The van der Waals surface area contributed by atoms with E-state index in [1.807, 2.05) is 36.4 Å². The molecule has 1 fully saturated rings. The fourth-order valence-electron chi connectivity index (χ4n) is 2.65. The zero-order chi connectivity index (χ0) is 16.2. The number of hydrogen-bond acceptors (Lipinski definition) is 7. The first-order valence-electron chi connectivity index (χ1n) is 7.90. The standard InChI is InChI=1S/C16H17N5O2S/c1-2-5-12(6-3-1)15-9-13(18-23-15)11-24-16-17-19-20-21(16)10-14-7-4-8-22-14/h1-3,5-6,9,14H,4,7-8,10-11H2. The predicted molar refractivity (Wildman–Crippen MR) is 88.3 cm³/mol. The van der Waals surface area contributed by atoms with Crippen LogP contribution in [0.1, 0.15) is 18.5 Å². The van der Waals surface area contributed by atoms with E-state index < -0.39 is 0 Å². The SMILES string of the molecule is c1ccc(-c2cc(CSc3nnnn3CC3CCCO3)no2)cc1. The van der Waals surface area contributed by atoms with E-state index in [1.54, 1.807) is 16.4 Å². The Morgan fingerprint density at radius 1 is 1.25 bits per heavy atom.